The Balaban J connectivity index is 1.72. The molecule has 0 bridgehead atoms. The van der Waals surface area contributed by atoms with Crippen molar-refractivity contribution in [3.8, 4) is 5.75 Å². The first-order valence-electron chi connectivity index (χ1n) is 6.24. The van der Waals surface area contributed by atoms with Crippen molar-refractivity contribution in [2.45, 2.75) is 19.6 Å². The molecule has 0 aliphatic carbocycles. The summed E-state index contributed by atoms with van der Waals surface area (Å²) < 4.78 is 5.64. The first-order chi connectivity index (χ1) is 9.33. The van der Waals surface area contributed by atoms with Crippen LogP contribution in [-0.2, 0) is 19.6 Å². The Morgan fingerprint density at radius 2 is 2.21 bits per heavy atom. The third-order valence-corrected chi connectivity index (χ3v) is 3.36. The van der Waals surface area contributed by atoms with Crippen LogP contribution in [0.25, 0.3) is 0 Å². The highest BCUT2D eigenvalue weighted by molar-refractivity contribution is 6.32. The van der Waals surface area contributed by atoms with Crippen LogP contribution in [0.15, 0.2) is 30.5 Å². The molecule has 0 spiro atoms. The molecule has 5 heteroatoms. The van der Waals surface area contributed by atoms with Gasteiger partial charge in [-0.15, -0.1) is 0 Å². The minimum Gasteiger partial charge on any atom is -0.484 e. The lowest BCUT2D eigenvalue weighted by Crippen LogP contribution is -2.25. The van der Waals surface area contributed by atoms with Crippen molar-refractivity contribution in [2.75, 3.05) is 6.54 Å². The van der Waals surface area contributed by atoms with Gasteiger partial charge in [-0.1, -0.05) is 23.7 Å². The molecule has 2 aromatic rings. The Hall–Kier alpha value is -1.65. The van der Waals surface area contributed by atoms with Gasteiger partial charge in [0.15, 0.2) is 5.82 Å². The third-order valence-electron chi connectivity index (χ3n) is 3.05. The second kappa shape index (κ2) is 5.55. The molecule has 98 valence electrons. The standard InChI is InChI=1S/C14H14ClN3O/c15-11-3-1-2-4-13(11)19-9-14-17-8-10-7-16-6-5-12(10)18-14/h1-4,8,16H,5-7,9H2. The van der Waals surface area contributed by atoms with Crippen LogP contribution < -0.4 is 10.1 Å². The molecule has 0 unspecified atom stereocenters. The van der Waals surface area contributed by atoms with Crippen molar-refractivity contribution in [1.82, 2.24) is 15.3 Å². The summed E-state index contributed by atoms with van der Waals surface area (Å²) in [5.41, 5.74) is 2.29. The number of benzene rings is 1. The Morgan fingerprint density at radius 1 is 1.32 bits per heavy atom. The van der Waals surface area contributed by atoms with E-state index < -0.39 is 0 Å². The van der Waals surface area contributed by atoms with Crippen molar-refractivity contribution >= 4 is 11.6 Å². The lowest BCUT2D eigenvalue weighted by molar-refractivity contribution is 0.295. The molecule has 2 heterocycles. The van der Waals surface area contributed by atoms with E-state index >= 15 is 0 Å². The van der Waals surface area contributed by atoms with Gasteiger partial charge < -0.3 is 10.1 Å². The van der Waals surface area contributed by atoms with E-state index in [2.05, 4.69) is 15.3 Å². The minimum absolute atomic E-state index is 0.338. The Labute approximate surface area is 116 Å². The van der Waals surface area contributed by atoms with Gasteiger partial charge in [0.1, 0.15) is 12.4 Å². The van der Waals surface area contributed by atoms with Gasteiger partial charge in [0, 0.05) is 37.0 Å². The zero-order valence-corrected chi connectivity index (χ0v) is 11.2. The number of nitrogens with zero attached hydrogens (tertiary/aromatic N) is 2. The van der Waals surface area contributed by atoms with Gasteiger partial charge in [-0.25, -0.2) is 9.97 Å². The zero-order chi connectivity index (χ0) is 13.1. The summed E-state index contributed by atoms with van der Waals surface area (Å²) >= 11 is 6.03. The normalized spacial score (nSPS) is 13.9. The average molecular weight is 276 g/mol. The maximum atomic E-state index is 6.03. The molecular weight excluding hydrogens is 262 g/mol. The number of halogens is 1. The van der Waals surface area contributed by atoms with Crippen molar-refractivity contribution in [2.24, 2.45) is 0 Å². The van der Waals surface area contributed by atoms with Crippen molar-refractivity contribution in [1.29, 1.82) is 0 Å². The maximum absolute atomic E-state index is 6.03. The molecule has 1 aliphatic rings. The van der Waals surface area contributed by atoms with E-state index in [1.165, 1.54) is 5.56 Å². The topological polar surface area (TPSA) is 47.0 Å². The molecule has 1 aromatic carbocycles. The lowest BCUT2D eigenvalue weighted by Gasteiger charge is -2.16. The highest BCUT2D eigenvalue weighted by Crippen LogP contribution is 2.23. The van der Waals surface area contributed by atoms with E-state index in [4.69, 9.17) is 16.3 Å². The fourth-order valence-corrected chi connectivity index (χ4v) is 2.24. The van der Waals surface area contributed by atoms with Crippen LogP contribution in [0.2, 0.25) is 5.02 Å². The smallest absolute Gasteiger partial charge is 0.166 e. The zero-order valence-electron chi connectivity index (χ0n) is 10.4. The molecule has 1 aliphatic heterocycles. The number of aromatic nitrogens is 2. The highest BCUT2D eigenvalue weighted by Gasteiger charge is 2.11. The summed E-state index contributed by atoms with van der Waals surface area (Å²) in [4.78, 5) is 8.86. The minimum atomic E-state index is 0.338. The fraction of sp³-hybridized carbons (Fsp3) is 0.286. The van der Waals surface area contributed by atoms with Crippen molar-refractivity contribution < 1.29 is 4.74 Å². The van der Waals surface area contributed by atoms with Crippen LogP contribution in [-0.4, -0.2) is 16.5 Å². The summed E-state index contributed by atoms with van der Waals surface area (Å²) in [6.07, 6.45) is 2.82. The number of rotatable bonds is 3. The summed E-state index contributed by atoms with van der Waals surface area (Å²) in [6, 6.07) is 7.40. The Kier molecular flexibility index (Phi) is 3.62. The third kappa shape index (κ3) is 2.85. The Bertz CT molecular complexity index is 589. The monoisotopic (exact) mass is 275 g/mol. The van der Waals surface area contributed by atoms with Gasteiger partial charge >= 0.3 is 0 Å². The van der Waals surface area contributed by atoms with E-state index in [1.54, 1.807) is 6.07 Å². The van der Waals surface area contributed by atoms with Crippen LogP contribution in [0.1, 0.15) is 17.1 Å². The van der Waals surface area contributed by atoms with E-state index in [0.717, 1.165) is 25.2 Å². The second-order valence-corrected chi connectivity index (χ2v) is 4.81. The quantitative estimate of drug-likeness (QED) is 0.934. The van der Waals surface area contributed by atoms with Crippen molar-refractivity contribution in [3.63, 3.8) is 0 Å². The predicted octanol–water partition coefficient (Wildman–Crippen LogP) is 2.35. The molecular formula is C14H14ClN3O. The van der Waals surface area contributed by atoms with Gasteiger partial charge in [0.25, 0.3) is 0 Å². The Morgan fingerprint density at radius 3 is 3.11 bits per heavy atom. The lowest BCUT2D eigenvalue weighted by atomic mass is 10.1. The second-order valence-electron chi connectivity index (χ2n) is 4.40. The van der Waals surface area contributed by atoms with Gasteiger partial charge in [0.05, 0.1) is 5.02 Å². The number of fused-ring (bicyclic) bond motifs is 1. The number of ether oxygens (including phenoxy) is 1. The van der Waals surface area contributed by atoms with Crippen molar-refractivity contribution in [3.05, 3.63) is 52.6 Å². The van der Waals surface area contributed by atoms with Crippen LogP contribution in [0.5, 0.6) is 5.75 Å². The van der Waals surface area contributed by atoms with Crippen LogP contribution in [0.4, 0.5) is 0 Å². The number of para-hydroxylation sites is 1. The van der Waals surface area contributed by atoms with E-state index in [0.29, 0.717) is 23.2 Å². The van der Waals surface area contributed by atoms with E-state index in [-0.39, 0.29) is 0 Å². The molecule has 0 amide bonds. The van der Waals surface area contributed by atoms with Crippen LogP contribution in [0, 0.1) is 0 Å². The summed E-state index contributed by atoms with van der Waals surface area (Å²) in [5.74, 6) is 1.35. The molecule has 0 saturated heterocycles. The molecule has 4 nitrogen and oxygen atoms in total. The van der Waals surface area contributed by atoms with Crippen LogP contribution >= 0.6 is 11.6 Å². The summed E-state index contributed by atoms with van der Waals surface area (Å²) in [5, 5.41) is 3.90. The van der Waals surface area contributed by atoms with E-state index in [9.17, 15) is 0 Å². The van der Waals surface area contributed by atoms with E-state index in [1.807, 2.05) is 24.4 Å². The van der Waals surface area contributed by atoms with Crippen LogP contribution in [0.3, 0.4) is 0 Å². The number of nitrogens with one attached hydrogen (secondary N) is 1. The van der Waals surface area contributed by atoms with Gasteiger partial charge in [0.2, 0.25) is 0 Å². The van der Waals surface area contributed by atoms with Gasteiger partial charge in [-0.3, -0.25) is 0 Å². The highest BCUT2D eigenvalue weighted by atomic mass is 35.5. The SMILES string of the molecule is Clc1ccccc1OCc1ncc2c(n1)CCNC2. The first-order valence-corrected chi connectivity index (χ1v) is 6.62. The molecule has 1 N–H and O–H groups in total. The molecule has 3 rings (SSSR count). The average Bonchev–Trinajstić information content (AvgIpc) is 2.46. The maximum Gasteiger partial charge on any atom is 0.166 e. The van der Waals surface area contributed by atoms with Gasteiger partial charge in [-0.05, 0) is 12.1 Å². The molecule has 0 radical (unpaired) electrons. The molecule has 19 heavy (non-hydrogen) atoms. The van der Waals surface area contributed by atoms with Gasteiger partial charge in [-0.2, -0.15) is 0 Å². The number of hydrogen-bond donors (Lipinski definition) is 1. The summed E-state index contributed by atoms with van der Waals surface area (Å²) in [7, 11) is 0. The predicted molar refractivity (Wildman–Crippen MR) is 73.2 cm³/mol. The molecule has 0 atom stereocenters. The first kappa shape index (κ1) is 12.4. The molecule has 0 saturated carbocycles. The molecule has 1 aromatic heterocycles. The fourth-order valence-electron chi connectivity index (χ4n) is 2.05. The molecule has 0 fully saturated rings. The largest absolute Gasteiger partial charge is 0.484 e. The number of hydrogen-bond acceptors (Lipinski definition) is 4. The summed E-state index contributed by atoms with van der Waals surface area (Å²) in [6.45, 7) is 2.15.